The van der Waals surface area contributed by atoms with Crippen molar-refractivity contribution in [1.82, 2.24) is 14.7 Å². The fourth-order valence-corrected chi connectivity index (χ4v) is 4.37. The number of hydrogen-bond donors (Lipinski definition) is 1. The van der Waals surface area contributed by atoms with Crippen molar-refractivity contribution in [3.63, 3.8) is 0 Å². The van der Waals surface area contributed by atoms with Gasteiger partial charge in [-0.3, -0.25) is 4.79 Å². The van der Waals surface area contributed by atoms with Gasteiger partial charge in [0.2, 0.25) is 0 Å². The summed E-state index contributed by atoms with van der Waals surface area (Å²) in [7, 11) is 0. The summed E-state index contributed by atoms with van der Waals surface area (Å²) in [6.07, 6.45) is 5.06. The molecule has 2 aromatic rings. The van der Waals surface area contributed by atoms with E-state index in [0.29, 0.717) is 12.2 Å². The molecular weight excluding hydrogens is 372 g/mol. The number of piperidine rings is 1. The second-order valence-corrected chi connectivity index (χ2v) is 8.84. The minimum absolute atomic E-state index is 0. The Morgan fingerprint density at radius 2 is 1.86 bits per heavy atom. The summed E-state index contributed by atoms with van der Waals surface area (Å²) in [6, 6.07) is 8.52. The Bertz CT molecular complexity index is 856. The molecule has 2 aliphatic rings. The van der Waals surface area contributed by atoms with Gasteiger partial charge in [-0.25, -0.2) is 4.68 Å². The lowest BCUT2D eigenvalue weighted by atomic mass is 9.79. The summed E-state index contributed by atoms with van der Waals surface area (Å²) < 4.78 is 2.00. The zero-order chi connectivity index (χ0) is 19.2. The van der Waals surface area contributed by atoms with Gasteiger partial charge in [0, 0.05) is 30.4 Å². The van der Waals surface area contributed by atoms with Crippen LogP contribution in [0.5, 0.6) is 0 Å². The van der Waals surface area contributed by atoms with Crippen LogP contribution in [-0.2, 0) is 12.8 Å². The van der Waals surface area contributed by atoms with E-state index in [9.17, 15) is 4.79 Å². The lowest BCUT2D eigenvalue weighted by Crippen LogP contribution is -2.54. The first-order valence-corrected chi connectivity index (χ1v) is 10.1. The summed E-state index contributed by atoms with van der Waals surface area (Å²) in [5.74, 6) is 0.0685. The van der Waals surface area contributed by atoms with Crippen LogP contribution in [0.25, 0.3) is 5.69 Å². The maximum Gasteiger partial charge on any atom is 0.274 e. The second kappa shape index (κ2) is 7.88. The summed E-state index contributed by atoms with van der Waals surface area (Å²) >= 11 is 0. The maximum atomic E-state index is 13.4. The largest absolute Gasteiger partial charge is 0.337 e. The number of halogens is 1. The van der Waals surface area contributed by atoms with Gasteiger partial charge >= 0.3 is 0 Å². The molecule has 2 N–H and O–H groups in total. The molecule has 1 amide bonds. The normalized spacial score (nSPS) is 21.0. The highest BCUT2D eigenvalue weighted by Crippen LogP contribution is 2.31. The molecule has 1 fully saturated rings. The van der Waals surface area contributed by atoms with Crippen LogP contribution in [0.1, 0.15) is 60.4 Å². The Labute approximate surface area is 173 Å². The van der Waals surface area contributed by atoms with Crippen molar-refractivity contribution in [3.05, 3.63) is 46.8 Å². The van der Waals surface area contributed by atoms with Gasteiger partial charge in [-0.15, -0.1) is 12.4 Å². The molecule has 1 unspecified atom stereocenters. The molecule has 28 heavy (non-hydrogen) atoms. The van der Waals surface area contributed by atoms with Crippen LogP contribution in [0.2, 0.25) is 0 Å². The number of rotatable bonds is 2. The molecule has 0 bridgehead atoms. The number of carbonyl (C=O) groups excluding carboxylic acids is 1. The molecule has 4 rings (SSSR count). The highest BCUT2D eigenvalue weighted by atomic mass is 35.5. The number of benzene rings is 1. The van der Waals surface area contributed by atoms with Crippen molar-refractivity contribution in [2.45, 2.75) is 58.9 Å². The number of aryl methyl sites for hydroxylation is 1. The van der Waals surface area contributed by atoms with Crippen molar-refractivity contribution >= 4 is 18.3 Å². The third kappa shape index (κ3) is 3.70. The van der Waals surface area contributed by atoms with E-state index in [0.717, 1.165) is 49.9 Å². The molecule has 6 heteroatoms. The molecule has 1 atom stereocenters. The van der Waals surface area contributed by atoms with Crippen molar-refractivity contribution in [3.8, 4) is 5.69 Å². The van der Waals surface area contributed by atoms with Crippen LogP contribution in [0, 0.1) is 12.3 Å². The monoisotopic (exact) mass is 402 g/mol. The van der Waals surface area contributed by atoms with Crippen molar-refractivity contribution in [2.75, 3.05) is 13.1 Å². The quantitative estimate of drug-likeness (QED) is 0.833. The number of hydrogen-bond acceptors (Lipinski definition) is 3. The van der Waals surface area contributed by atoms with E-state index in [1.807, 2.05) is 9.58 Å². The lowest BCUT2D eigenvalue weighted by Gasteiger charge is -2.42. The van der Waals surface area contributed by atoms with Crippen LogP contribution in [0.3, 0.4) is 0 Å². The lowest BCUT2D eigenvalue weighted by molar-refractivity contribution is 0.0526. The van der Waals surface area contributed by atoms with Crippen LogP contribution in [0.4, 0.5) is 0 Å². The fraction of sp³-hybridized carbons (Fsp3) is 0.545. The standard InChI is InChI=1S/C22H30N4O.ClH/c1-15-8-10-16(11-9-15)26-18-7-5-4-6-17(18)20(24-26)21(27)25-13-12-19(23)22(2,3)14-25;/h8-11,19H,4-7,12-14,23H2,1-3H3;1H. The summed E-state index contributed by atoms with van der Waals surface area (Å²) in [5.41, 5.74) is 11.5. The van der Waals surface area contributed by atoms with Gasteiger partial charge in [-0.2, -0.15) is 5.10 Å². The molecule has 0 radical (unpaired) electrons. The Balaban J connectivity index is 0.00000225. The number of carbonyl (C=O) groups is 1. The Morgan fingerprint density at radius 1 is 1.18 bits per heavy atom. The number of amides is 1. The third-order valence-electron chi connectivity index (χ3n) is 6.26. The van der Waals surface area contributed by atoms with Gasteiger partial charge in [-0.05, 0) is 56.6 Å². The van der Waals surface area contributed by atoms with Crippen LogP contribution >= 0.6 is 12.4 Å². The van der Waals surface area contributed by atoms with E-state index in [2.05, 4.69) is 45.0 Å². The molecule has 1 aliphatic heterocycles. The summed E-state index contributed by atoms with van der Waals surface area (Å²) in [4.78, 5) is 15.3. The molecule has 1 aromatic heterocycles. The zero-order valence-corrected chi connectivity index (χ0v) is 17.9. The molecular formula is C22H31ClN4O. The topological polar surface area (TPSA) is 64.2 Å². The van der Waals surface area contributed by atoms with Gasteiger partial charge in [0.25, 0.3) is 5.91 Å². The molecule has 0 saturated carbocycles. The Hall–Kier alpha value is -1.85. The van der Waals surface area contributed by atoms with Crippen molar-refractivity contribution < 1.29 is 4.79 Å². The smallest absolute Gasteiger partial charge is 0.274 e. The highest BCUT2D eigenvalue weighted by Gasteiger charge is 2.37. The molecule has 1 aliphatic carbocycles. The van der Waals surface area contributed by atoms with Crippen LogP contribution in [-0.4, -0.2) is 39.7 Å². The van der Waals surface area contributed by atoms with Crippen molar-refractivity contribution in [2.24, 2.45) is 11.1 Å². The first-order valence-electron chi connectivity index (χ1n) is 10.1. The second-order valence-electron chi connectivity index (χ2n) is 8.84. The molecule has 1 saturated heterocycles. The van der Waals surface area contributed by atoms with Gasteiger partial charge in [-0.1, -0.05) is 31.5 Å². The highest BCUT2D eigenvalue weighted by molar-refractivity contribution is 5.94. The van der Waals surface area contributed by atoms with Gasteiger partial charge < -0.3 is 10.6 Å². The van der Waals surface area contributed by atoms with Crippen molar-refractivity contribution in [1.29, 1.82) is 0 Å². The molecule has 2 heterocycles. The number of nitrogens with zero attached hydrogens (tertiary/aromatic N) is 3. The minimum Gasteiger partial charge on any atom is -0.337 e. The first kappa shape index (κ1) is 20.9. The van der Waals surface area contributed by atoms with E-state index in [1.54, 1.807) is 0 Å². The van der Waals surface area contributed by atoms with Gasteiger partial charge in [0.1, 0.15) is 0 Å². The first-order chi connectivity index (χ1) is 12.9. The average molecular weight is 403 g/mol. The summed E-state index contributed by atoms with van der Waals surface area (Å²) in [6.45, 7) is 7.80. The average Bonchev–Trinajstić information content (AvgIpc) is 3.04. The van der Waals surface area contributed by atoms with E-state index in [4.69, 9.17) is 10.8 Å². The van der Waals surface area contributed by atoms with E-state index in [1.165, 1.54) is 11.3 Å². The number of fused-ring (bicyclic) bond motifs is 1. The number of likely N-dealkylation sites (tertiary alicyclic amines) is 1. The van der Waals surface area contributed by atoms with E-state index in [-0.39, 0.29) is 29.8 Å². The fourth-order valence-electron chi connectivity index (χ4n) is 4.37. The maximum absolute atomic E-state index is 13.4. The Kier molecular flexibility index (Phi) is 5.87. The van der Waals surface area contributed by atoms with Gasteiger partial charge in [0.15, 0.2) is 5.69 Å². The third-order valence-corrected chi connectivity index (χ3v) is 6.26. The van der Waals surface area contributed by atoms with Gasteiger partial charge in [0.05, 0.1) is 5.69 Å². The molecule has 1 aromatic carbocycles. The van der Waals surface area contributed by atoms with Crippen LogP contribution in [0.15, 0.2) is 24.3 Å². The minimum atomic E-state index is -0.0620. The predicted molar refractivity (Wildman–Crippen MR) is 114 cm³/mol. The van der Waals surface area contributed by atoms with Crippen LogP contribution < -0.4 is 5.73 Å². The zero-order valence-electron chi connectivity index (χ0n) is 17.1. The predicted octanol–water partition coefficient (Wildman–Crippen LogP) is 3.68. The van der Waals surface area contributed by atoms with E-state index >= 15 is 0 Å². The summed E-state index contributed by atoms with van der Waals surface area (Å²) in [5, 5.41) is 4.83. The number of aromatic nitrogens is 2. The molecule has 0 spiro atoms. The SMILES string of the molecule is Cc1ccc(-n2nc(C(=O)N3CCC(N)C(C)(C)C3)c3c2CCCC3)cc1.Cl. The Morgan fingerprint density at radius 3 is 2.54 bits per heavy atom. The number of nitrogens with two attached hydrogens (primary N) is 1. The van der Waals surface area contributed by atoms with E-state index < -0.39 is 0 Å². The molecule has 5 nitrogen and oxygen atoms in total. The molecule has 152 valence electrons.